The monoisotopic (exact) mass is 375 g/mol. The van der Waals surface area contributed by atoms with E-state index in [0.717, 1.165) is 0 Å². The lowest BCUT2D eigenvalue weighted by molar-refractivity contribution is 0.0958. The van der Waals surface area contributed by atoms with Crippen molar-refractivity contribution in [3.05, 3.63) is 59.9 Å². The van der Waals surface area contributed by atoms with Crippen LogP contribution in [0.25, 0.3) is 0 Å². The quantitative estimate of drug-likeness (QED) is 0.600. The Balaban J connectivity index is 2.01. The number of ether oxygens (including phenoxy) is 1. The molecule has 0 aliphatic rings. The van der Waals surface area contributed by atoms with Gasteiger partial charge >= 0.3 is 0 Å². The van der Waals surface area contributed by atoms with Gasteiger partial charge in [-0.15, -0.1) is 10.2 Å². The zero-order valence-corrected chi connectivity index (χ0v) is 15.2. The molecule has 9 nitrogen and oxygen atoms in total. The van der Waals surface area contributed by atoms with Crippen molar-refractivity contribution in [2.45, 2.75) is 0 Å². The van der Waals surface area contributed by atoms with Crippen molar-refractivity contribution < 1.29 is 9.53 Å². The van der Waals surface area contributed by atoms with Crippen molar-refractivity contribution in [2.75, 3.05) is 24.8 Å². The molecule has 28 heavy (non-hydrogen) atoms. The van der Waals surface area contributed by atoms with Gasteiger partial charge < -0.3 is 20.7 Å². The Morgan fingerprint density at radius 3 is 2.61 bits per heavy atom. The Labute approximate surface area is 161 Å². The summed E-state index contributed by atoms with van der Waals surface area (Å²) in [4.78, 5) is 16.4. The van der Waals surface area contributed by atoms with E-state index in [1.807, 2.05) is 6.07 Å². The van der Waals surface area contributed by atoms with Crippen LogP contribution < -0.4 is 20.7 Å². The van der Waals surface area contributed by atoms with Gasteiger partial charge in [0.25, 0.3) is 5.91 Å². The number of rotatable bonds is 6. The highest BCUT2D eigenvalue weighted by Gasteiger charge is 2.17. The molecule has 3 aromatic rings. The number of nitrogens with zero attached hydrogens (tertiary/aromatic N) is 4. The second-order valence-corrected chi connectivity index (χ2v) is 5.53. The third-order valence-corrected chi connectivity index (χ3v) is 3.77. The van der Waals surface area contributed by atoms with Gasteiger partial charge in [-0.25, -0.2) is 4.98 Å². The highest BCUT2D eigenvalue weighted by atomic mass is 16.5. The van der Waals surface area contributed by atoms with Crippen molar-refractivity contribution in [2.24, 2.45) is 0 Å². The normalized spacial score (nSPS) is 9.89. The number of pyridine rings is 1. The maximum atomic E-state index is 12.2. The van der Waals surface area contributed by atoms with E-state index < -0.39 is 5.91 Å². The van der Waals surface area contributed by atoms with Crippen LogP contribution in [0.2, 0.25) is 0 Å². The number of amides is 1. The summed E-state index contributed by atoms with van der Waals surface area (Å²) in [5.74, 6) is 0.933. The Bertz CT molecular complexity index is 1030. The number of nitrogens with one attached hydrogen (secondary N) is 3. The zero-order valence-electron chi connectivity index (χ0n) is 15.2. The van der Waals surface area contributed by atoms with E-state index in [0.29, 0.717) is 34.3 Å². The summed E-state index contributed by atoms with van der Waals surface area (Å²) < 4.78 is 5.34. The number of hydrogen-bond acceptors (Lipinski definition) is 8. The molecule has 0 saturated heterocycles. The Hall–Kier alpha value is -4.19. The number of aromatic nitrogens is 3. The molecule has 140 valence electrons. The van der Waals surface area contributed by atoms with Crippen molar-refractivity contribution in [3.63, 3.8) is 0 Å². The van der Waals surface area contributed by atoms with E-state index in [4.69, 9.17) is 4.74 Å². The average Bonchev–Trinajstić information content (AvgIpc) is 2.74. The molecule has 2 aromatic heterocycles. The van der Waals surface area contributed by atoms with Gasteiger partial charge in [-0.2, -0.15) is 5.26 Å². The minimum atomic E-state index is -0.408. The lowest BCUT2D eigenvalue weighted by atomic mass is 10.1. The Morgan fingerprint density at radius 1 is 1.07 bits per heavy atom. The summed E-state index contributed by atoms with van der Waals surface area (Å²) in [6, 6.07) is 14.2. The maximum Gasteiger partial charge on any atom is 0.273 e. The molecule has 3 N–H and O–H groups in total. The van der Waals surface area contributed by atoms with E-state index in [1.165, 1.54) is 14.2 Å². The number of nitriles is 1. The van der Waals surface area contributed by atoms with Crippen LogP contribution in [0.4, 0.5) is 23.0 Å². The summed E-state index contributed by atoms with van der Waals surface area (Å²) >= 11 is 0. The topological polar surface area (TPSA) is 125 Å². The van der Waals surface area contributed by atoms with Crippen LogP contribution in [0.1, 0.15) is 16.1 Å². The van der Waals surface area contributed by atoms with Gasteiger partial charge in [-0.05, 0) is 24.3 Å². The molecule has 0 aliphatic heterocycles. The predicted molar refractivity (Wildman–Crippen MR) is 104 cm³/mol. The highest BCUT2D eigenvalue weighted by molar-refractivity contribution is 5.98. The molecule has 0 radical (unpaired) electrons. The van der Waals surface area contributed by atoms with E-state index in [1.54, 1.807) is 42.6 Å². The van der Waals surface area contributed by atoms with Crippen molar-refractivity contribution >= 4 is 28.9 Å². The van der Waals surface area contributed by atoms with Crippen LogP contribution in [0.15, 0.2) is 48.7 Å². The van der Waals surface area contributed by atoms with Gasteiger partial charge in [-0.1, -0.05) is 12.1 Å². The molecular formula is C19H17N7O2. The molecular weight excluding hydrogens is 358 g/mol. The summed E-state index contributed by atoms with van der Waals surface area (Å²) in [5.41, 5.74) is 1.37. The fourth-order valence-electron chi connectivity index (χ4n) is 2.49. The molecule has 0 aliphatic carbocycles. The van der Waals surface area contributed by atoms with E-state index in [-0.39, 0.29) is 5.69 Å². The van der Waals surface area contributed by atoms with Gasteiger partial charge in [0, 0.05) is 19.3 Å². The SMILES string of the molecule is CNC(=O)c1nnc(Nc2ccccn2)cc1Nc1cccc(C#N)c1OC. The third kappa shape index (κ3) is 3.96. The van der Waals surface area contributed by atoms with E-state index in [2.05, 4.69) is 37.2 Å². The van der Waals surface area contributed by atoms with Crippen LogP contribution in [-0.2, 0) is 0 Å². The van der Waals surface area contributed by atoms with Crippen LogP contribution in [0.3, 0.4) is 0 Å². The molecule has 2 heterocycles. The van der Waals surface area contributed by atoms with Crippen LogP contribution in [0.5, 0.6) is 5.75 Å². The molecule has 3 rings (SSSR count). The van der Waals surface area contributed by atoms with Crippen molar-refractivity contribution in [1.29, 1.82) is 5.26 Å². The lowest BCUT2D eigenvalue weighted by Crippen LogP contribution is -2.21. The highest BCUT2D eigenvalue weighted by Crippen LogP contribution is 2.32. The average molecular weight is 375 g/mol. The number of hydrogen-bond donors (Lipinski definition) is 3. The van der Waals surface area contributed by atoms with Gasteiger partial charge in [-0.3, -0.25) is 4.79 Å². The first-order chi connectivity index (χ1) is 13.7. The van der Waals surface area contributed by atoms with Gasteiger partial charge in [0.05, 0.1) is 24.0 Å². The second-order valence-electron chi connectivity index (χ2n) is 5.53. The van der Waals surface area contributed by atoms with Gasteiger partial charge in [0.2, 0.25) is 0 Å². The summed E-state index contributed by atoms with van der Waals surface area (Å²) in [6.45, 7) is 0. The smallest absolute Gasteiger partial charge is 0.273 e. The first-order valence-electron chi connectivity index (χ1n) is 8.28. The third-order valence-electron chi connectivity index (χ3n) is 3.77. The Kier molecular flexibility index (Phi) is 5.62. The molecule has 0 spiro atoms. The molecule has 9 heteroatoms. The molecule has 1 amide bonds. The molecule has 0 saturated carbocycles. The van der Waals surface area contributed by atoms with Gasteiger partial charge in [0.15, 0.2) is 17.3 Å². The minimum Gasteiger partial charge on any atom is -0.493 e. The van der Waals surface area contributed by atoms with Crippen molar-refractivity contribution in [3.8, 4) is 11.8 Å². The van der Waals surface area contributed by atoms with Crippen LogP contribution in [0, 0.1) is 11.3 Å². The first-order valence-corrected chi connectivity index (χ1v) is 8.28. The van der Waals surface area contributed by atoms with E-state index in [9.17, 15) is 10.1 Å². The largest absolute Gasteiger partial charge is 0.493 e. The molecule has 0 bridgehead atoms. The number of para-hydroxylation sites is 1. The first kappa shape index (κ1) is 18.6. The minimum absolute atomic E-state index is 0.0958. The summed E-state index contributed by atoms with van der Waals surface area (Å²) in [6.07, 6.45) is 1.64. The fraction of sp³-hybridized carbons (Fsp3) is 0.105. The zero-order chi connectivity index (χ0) is 19.9. The standard InChI is InChI=1S/C19H17N7O2/c1-21-19(27)17-14(23-13-7-5-6-12(11-20)18(13)28-2)10-16(25-26-17)24-15-8-3-4-9-22-15/h3-10H,1-2H3,(H,21,27)(H2,22,23,24,25). The van der Waals surface area contributed by atoms with Crippen LogP contribution in [-0.4, -0.2) is 35.2 Å². The molecule has 1 aromatic carbocycles. The number of carbonyl (C=O) groups excluding carboxylic acids is 1. The summed E-state index contributed by atoms with van der Waals surface area (Å²) in [5, 5.41) is 26.0. The number of methoxy groups -OCH3 is 1. The van der Waals surface area contributed by atoms with Crippen LogP contribution >= 0.6 is 0 Å². The lowest BCUT2D eigenvalue weighted by Gasteiger charge is -2.15. The second kappa shape index (κ2) is 8.46. The predicted octanol–water partition coefficient (Wildman–Crippen LogP) is 2.60. The van der Waals surface area contributed by atoms with E-state index >= 15 is 0 Å². The summed E-state index contributed by atoms with van der Waals surface area (Å²) in [7, 11) is 2.98. The van der Waals surface area contributed by atoms with Gasteiger partial charge in [0.1, 0.15) is 11.9 Å². The fourth-order valence-corrected chi connectivity index (χ4v) is 2.49. The number of carbonyl (C=O) groups is 1. The number of anilines is 4. The molecule has 0 fully saturated rings. The van der Waals surface area contributed by atoms with Crippen molar-refractivity contribution in [1.82, 2.24) is 20.5 Å². The Morgan fingerprint density at radius 2 is 1.93 bits per heavy atom. The number of benzene rings is 1. The maximum absolute atomic E-state index is 12.2. The molecule has 0 atom stereocenters. The molecule has 0 unspecified atom stereocenters.